The van der Waals surface area contributed by atoms with Crippen molar-refractivity contribution in [1.82, 2.24) is 15.0 Å². The third-order valence-electron chi connectivity index (χ3n) is 3.03. The van der Waals surface area contributed by atoms with Gasteiger partial charge >= 0.3 is 0 Å². The maximum atomic E-state index is 12.3. The second kappa shape index (κ2) is 5.01. The lowest BCUT2D eigenvalue weighted by Crippen LogP contribution is -2.14. The lowest BCUT2D eigenvalue weighted by molar-refractivity contribution is 0.598. The highest BCUT2D eigenvalue weighted by molar-refractivity contribution is 7.92. The van der Waals surface area contributed by atoms with Gasteiger partial charge in [-0.05, 0) is 30.7 Å². The zero-order valence-electron chi connectivity index (χ0n) is 11.0. The third-order valence-corrected chi connectivity index (χ3v) is 4.60. The smallest absolute Gasteiger partial charge is 0.279 e. The van der Waals surface area contributed by atoms with Gasteiger partial charge in [0.15, 0.2) is 5.03 Å². The summed E-state index contributed by atoms with van der Waals surface area (Å²) >= 11 is 6.20. The predicted molar refractivity (Wildman–Crippen MR) is 80.9 cm³/mol. The van der Waals surface area contributed by atoms with Gasteiger partial charge in [-0.15, -0.1) is 0 Å². The molecule has 0 amide bonds. The largest absolute Gasteiger partial charge is 0.334 e. The van der Waals surface area contributed by atoms with Gasteiger partial charge < -0.3 is 4.98 Å². The van der Waals surface area contributed by atoms with Crippen LogP contribution >= 0.6 is 11.6 Å². The number of fused-ring (bicyclic) bond motifs is 1. The molecule has 1 aromatic carbocycles. The van der Waals surface area contributed by atoms with Crippen LogP contribution in [0.1, 0.15) is 5.56 Å². The zero-order chi connectivity index (χ0) is 15.0. The van der Waals surface area contributed by atoms with Crippen LogP contribution in [0.15, 0.2) is 41.9 Å². The quantitative estimate of drug-likeness (QED) is 0.776. The summed E-state index contributed by atoms with van der Waals surface area (Å²) in [7, 11) is -3.78. The molecule has 0 saturated heterocycles. The second-order valence-electron chi connectivity index (χ2n) is 4.47. The molecule has 21 heavy (non-hydrogen) atoms. The Kier molecular flexibility index (Phi) is 3.30. The fourth-order valence-electron chi connectivity index (χ4n) is 2.06. The summed E-state index contributed by atoms with van der Waals surface area (Å²) in [5.74, 6) is 0. The summed E-state index contributed by atoms with van der Waals surface area (Å²) in [6.45, 7) is 1.87. The fourth-order valence-corrected chi connectivity index (χ4v) is 3.44. The minimum Gasteiger partial charge on any atom is -0.334 e. The summed E-state index contributed by atoms with van der Waals surface area (Å²) in [6.07, 6.45) is 4.17. The van der Waals surface area contributed by atoms with Crippen LogP contribution in [0.4, 0.5) is 5.69 Å². The minimum atomic E-state index is -3.78. The highest BCUT2D eigenvalue weighted by Gasteiger charge is 2.19. The number of sulfonamides is 1. The van der Waals surface area contributed by atoms with Crippen LogP contribution < -0.4 is 4.72 Å². The number of halogens is 1. The SMILES string of the molecule is Cc1cc(Cl)c(NS(=O)(=O)c2cnc[nH]2)c2cccnc12. The number of nitrogens with one attached hydrogen (secondary N) is 2. The summed E-state index contributed by atoms with van der Waals surface area (Å²) in [5, 5.41) is 0.929. The van der Waals surface area contributed by atoms with E-state index in [9.17, 15) is 8.42 Å². The number of H-pyrrole nitrogens is 1. The van der Waals surface area contributed by atoms with Gasteiger partial charge in [0.25, 0.3) is 10.0 Å². The van der Waals surface area contributed by atoms with E-state index in [-0.39, 0.29) is 5.03 Å². The van der Waals surface area contributed by atoms with Crippen molar-refractivity contribution >= 4 is 38.2 Å². The second-order valence-corrected chi connectivity index (χ2v) is 6.53. The molecule has 108 valence electrons. The lowest BCUT2D eigenvalue weighted by atomic mass is 10.1. The van der Waals surface area contributed by atoms with Crippen LogP contribution in [0.5, 0.6) is 0 Å². The molecule has 6 nitrogen and oxygen atoms in total. The number of hydrogen-bond donors (Lipinski definition) is 2. The molecule has 0 spiro atoms. The van der Waals surface area contributed by atoms with E-state index >= 15 is 0 Å². The monoisotopic (exact) mass is 322 g/mol. The molecule has 0 atom stereocenters. The summed E-state index contributed by atoms with van der Waals surface area (Å²) in [5.41, 5.74) is 1.88. The van der Waals surface area contributed by atoms with E-state index < -0.39 is 10.0 Å². The number of hydrogen-bond acceptors (Lipinski definition) is 4. The molecule has 0 bridgehead atoms. The summed E-state index contributed by atoms with van der Waals surface area (Å²) in [6, 6.07) is 5.18. The Morgan fingerprint density at radius 3 is 2.90 bits per heavy atom. The van der Waals surface area contributed by atoms with Crippen molar-refractivity contribution < 1.29 is 8.42 Å². The number of aromatic amines is 1. The molecule has 0 fully saturated rings. The topological polar surface area (TPSA) is 87.7 Å². The van der Waals surface area contributed by atoms with E-state index in [4.69, 9.17) is 11.6 Å². The molecule has 0 aliphatic carbocycles. The number of rotatable bonds is 3. The number of nitrogens with zero attached hydrogens (tertiary/aromatic N) is 2. The molecule has 2 N–H and O–H groups in total. The molecule has 0 unspecified atom stereocenters. The number of benzene rings is 1. The van der Waals surface area contributed by atoms with Gasteiger partial charge in [0, 0.05) is 11.6 Å². The van der Waals surface area contributed by atoms with Gasteiger partial charge in [-0.25, -0.2) is 4.98 Å². The summed E-state index contributed by atoms with van der Waals surface area (Å²) < 4.78 is 27.1. The molecular formula is C13H11ClN4O2S. The van der Waals surface area contributed by atoms with Crippen molar-refractivity contribution in [3.63, 3.8) is 0 Å². The maximum Gasteiger partial charge on any atom is 0.279 e. The van der Waals surface area contributed by atoms with Gasteiger partial charge in [-0.1, -0.05) is 11.6 Å². The highest BCUT2D eigenvalue weighted by Crippen LogP contribution is 2.33. The van der Waals surface area contributed by atoms with Gasteiger partial charge in [-0.2, -0.15) is 8.42 Å². The predicted octanol–water partition coefficient (Wildman–Crippen LogP) is 2.72. The summed E-state index contributed by atoms with van der Waals surface area (Å²) in [4.78, 5) is 10.5. The first-order chi connectivity index (χ1) is 9.99. The van der Waals surface area contributed by atoms with Crippen molar-refractivity contribution in [3.05, 3.63) is 47.5 Å². The molecule has 0 aliphatic rings. The van der Waals surface area contributed by atoms with Crippen molar-refractivity contribution in [3.8, 4) is 0 Å². The Morgan fingerprint density at radius 1 is 1.38 bits per heavy atom. The van der Waals surface area contributed by atoms with Crippen LogP contribution in [-0.4, -0.2) is 23.4 Å². The van der Waals surface area contributed by atoms with Crippen LogP contribution in [0, 0.1) is 6.92 Å². The van der Waals surface area contributed by atoms with Crippen LogP contribution in [0.2, 0.25) is 5.02 Å². The van der Waals surface area contributed by atoms with Crippen LogP contribution in [-0.2, 0) is 10.0 Å². The van der Waals surface area contributed by atoms with E-state index in [2.05, 4.69) is 19.7 Å². The number of pyridine rings is 1. The highest BCUT2D eigenvalue weighted by atomic mass is 35.5. The van der Waals surface area contributed by atoms with E-state index in [1.165, 1.54) is 12.5 Å². The number of aromatic nitrogens is 3. The van der Waals surface area contributed by atoms with Gasteiger partial charge in [-0.3, -0.25) is 9.71 Å². The Labute approximate surface area is 126 Å². The third kappa shape index (κ3) is 2.45. The Hall–Kier alpha value is -2.12. The van der Waals surface area contributed by atoms with Crippen molar-refractivity contribution in [1.29, 1.82) is 0 Å². The van der Waals surface area contributed by atoms with E-state index in [1.807, 2.05) is 6.92 Å². The molecular weight excluding hydrogens is 312 g/mol. The molecule has 3 aromatic rings. The molecule has 2 heterocycles. The van der Waals surface area contributed by atoms with Crippen LogP contribution in [0.3, 0.4) is 0 Å². The van der Waals surface area contributed by atoms with Crippen molar-refractivity contribution in [2.24, 2.45) is 0 Å². The number of aryl methyl sites for hydroxylation is 1. The van der Waals surface area contributed by atoms with Gasteiger partial charge in [0.1, 0.15) is 0 Å². The van der Waals surface area contributed by atoms with Crippen molar-refractivity contribution in [2.75, 3.05) is 4.72 Å². The molecule has 2 aromatic heterocycles. The minimum absolute atomic E-state index is 0.0313. The van der Waals surface area contributed by atoms with E-state index in [0.717, 1.165) is 5.56 Å². The molecule has 0 saturated carbocycles. The fraction of sp³-hybridized carbons (Fsp3) is 0.0769. The first-order valence-corrected chi connectivity index (χ1v) is 7.90. The first kappa shape index (κ1) is 13.8. The van der Waals surface area contributed by atoms with Gasteiger partial charge in [0.05, 0.1) is 28.8 Å². The van der Waals surface area contributed by atoms with Gasteiger partial charge in [0.2, 0.25) is 0 Å². The molecule has 0 aliphatic heterocycles. The van der Waals surface area contributed by atoms with Crippen molar-refractivity contribution in [2.45, 2.75) is 11.9 Å². The first-order valence-electron chi connectivity index (χ1n) is 6.04. The molecule has 0 radical (unpaired) electrons. The maximum absolute atomic E-state index is 12.3. The Morgan fingerprint density at radius 2 is 2.19 bits per heavy atom. The number of anilines is 1. The lowest BCUT2D eigenvalue weighted by Gasteiger charge is -2.12. The van der Waals surface area contributed by atoms with E-state index in [1.54, 1.807) is 24.4 Å². The Bertz CT molecular complexity index is 907. The normalized spacial score (nSPS) is 11.7. The molecule has 3 rings (SSSR count). The number of imidazole rings is 1. The molecule has 8 heteroatoms. The average molecular weight is 323 g/mol. The standard InChI is InChI=1S/C13H11ClN4O2S/c1-8-5-10(14)13(9-3-2-4-16-12(8)9)18-21(19,20)11-6-15-7-17-11/h2-7,18H,1H3,(H,15,17). The van der Waals surface area contributed by atoms with Crippen LogP contribution in [0.25, 0.3) is 10.9 Å². The van der Waals surface area contributed by atoms with E-state index in [0.29, 0.717) is 21.6 Å². The Balaban J connectivity index is 2.18. The average Bonchev–Trinajstić information content (AvgIpc) is 2.98. The zero-order valence-corrected chi connectivity index (χ0v) is 12.5.